The lowest BCUT2D eigenvalue weighted by Gasteiger charge is -2.34. The summed E-state index contributed by atoms with van der Waals surface area (Å²) in [5.74, 6) is 1.98. The summed E-state index contributed by atoms with van der Waals surface area (Å²) in [5, 5.41) is 0. The van der Waals surface area contributed by atoms with Crippen LogP contribution in [0.5, 0.6) is 5.75 Å². The van der Waals surface area contributed by atoms with Gasteiger partial charge in [0.15, 0.2) is 0 Å². The van der Waals surface area contributed by atoms with Gasteiger partial charge in [-0.25, -0.2) is 4.39 Å². The molecule has 1 aliphatic heterocycles. The van der Waals surface area contributed by atoms with Crippen molar-refractivity contribution in [3.05, 3.63) is 58.6 Å². The number of hydrogen-bond donors (Lipinski definition) is 0. The van der Waals surface area contributed by atoms with E-state index < -0.39 is 0 Å². The fourth-order valence-electron chi connectivity index (χ4n) is 3.39. The van der Waals surface area contributed by atoms with Crippen LogP contribution in [0.25, 0.3) is 6.08 Å². The smallest absolute Gasteiger partial charge is 0.127 e. The minimum Gasteiger partial charge on any atom is -0.497 e. The third-order valence-electron chi connectivity index (χ3n) is 4.54. The Balaban J connectivity index is 1.76. The Kier molecular flexibility index (Phi) is 2.88. The van der Waals surface area contributed by atoms with E-state index in [9.17, 15) is 4.39 Å². The highest BCUT2D eigenvalue weighted by molar-refractivity contribution is 5.65. The molecule has 1 aromatic carbocycles. The van der Waals surface area contributed by atoms with E-state index in [0.717, 1.165) is 35.5 Å². The molecule has 0 fully saturated rings. The second-order valence-electron chi connectivity index (χ2n) is 5.79. The molecule has 0 aromatic heterocycles. The Bertz CT molecular complexity index is 685. The highest BCUT2D eigenvalue weighted by Gasteiger charge is 2.31. The van der Waals surface area contributed by atoms with Crippen molar-refractivity contribution < 1.29 is 13.9 Å². The summed E-state index contributed by atoms with van der Waals surface area (Å²) < 4.78 is 25.0. The first-order valence-electron chi connectivity index (χ1n) is 7.36. The van der Waals surface area contributed by atoms with Gasteiger partial charge in [-0.1, -0.05) is 12.1 Å². The SMILES string of the molecule is COC1=CC2Oc3ccc4c(c3CC2C=C1)C=C(F)CC4. The van der Waals surface area contributed by atoms with Crippen molar-refractivity contribution >= 4 is 6.08 Å². The Morgan fingerprint density at radius 1 is 1.29 bits per heavy atom. The molecule has 2 atom stereocenters. The molecule has 3 aliphatic rings. The summed E-state index contributed by atoms with van der Waals surface area (Å²) in [5.41, 5.74) is 3.40. The van der Waals surface area contributed by atoms with Crippen LogP contribution in [0, 0.1) is 5.92 Å². The molecular weight excluding hydrogens is 267 g/mol. The number of allylic oxidation sites excluding steroid dienone is 2. The van der Waals surface area contributed by atoms with Gasteiger partial charge in [-0.3, -0.25) is 0 Å². The van der Waals surface area contributed by atoms with Gasteiger partial charge in [-0.05, 0) is 48.3 Å². The number of rotatable bonds is 1. The van der Waals surface area contributed by atoms with Crippen LogP contribution in [-0.4, -0.2) is 13.2 Å². The van der Waals surface area contributed by atoms with Gasteiger partial charge in [-0.2, -0.15) is 0 Å². The van der Waals surface area contributed by atoms with Gasteiger partial charge in [0.2, 0.25) is 0 Å². The number of halogens is 1. The predicted molar refractivity (Wildman–Crippen MR) is 79.7 cm³/mol. The molecule has 108 valence electrons. The lowest BCUT2D eigenvalue weighted by Crippen LogP contribution is -2.32. The van der Waals surface area contributed by atoms with Crippen molar-refractivity contribution in [3.63, 3.8) is 0 Å². The minimum absolute atomic E-state index is 0.00733. The summed E-state index contributed by atoms with van der Waals surface area (Å²) in [6.07, 6.45) is 10.0. The van der Waals surface area contributed by atoms with Crippen LogP contribution >= 0.6 is 0 Å². The zero-order valence-electron chi connectivity index (χ0n) is 11.9. The standard InChI is InChI=1S/C18H17FO2/c1-20-14-6-3-12-8-16-15-9-13(19)5-2-11(15)4-7-17(16)21-18(12)10-14/h3-4,6-7,9-10,12,18H,2,5,8H2,1H3. The lowest BCUT2D eigenvalue weighted by atomic mass is 9.82. The van der Waals surface area contributed by atoms with Crippen molar-refractivity contribution in [2.45, 2.75) is 25.4 Å². The van der Waals surface area contributed by atoms with Crippen molar-refractivity contribution in [2.75, 3.05) is 7.11 Å². The Morgan fingerprint density at radius 3 is 3.05 bits per heavy atom. The molecule has 2 aliphatic carbocycles. The third-order valence-corrected chi connectivity index (χ3v) is 4.54. The summed E-state index contributed by atoms with van der Waals surface area (Å²) in [6.45, 7) is 0. The number of methoxy groups -OCH3 is 1. The average molecular weight is 284 g/mol. The number of ether oxygens (including phenoxy) is 2. The minimum atomic E-state index is -0.0289. The molecule has 0 saturated carbocycles. The molecule has 2 unspecified atom stereocenters. The van der Waals surface area contributed by atoms with Gasteiger partial charge < -0.3 is 9.47 Å². The van der Waals surface area contributed by atoms with Crippen molar-refractivity contribution in [1.29, 1.82) is 0 Å². The molecule has 3 heteroatoms. The zero-order chi connectivity index (χ0) is 14.4. The van der Waals surface area contributed by atoms with Gasteiger partial charge in [0.05, 0.1) is 7.11 Å². The first kappa shape index (κ1) is 12.7. The molecule has 0 N–H and O–H groups in total. The van der Waals surface area contributed by atoms with Crippen LogP contribution in [0.3, 0.4) is 0 Å². The molecule has 0 spiro atoms. The molecule has 1 aromatic rings. The molecule has 1 heterocycles. The largest absolute Gasteiger partial charge is 0.497 e. The molecule has 2 nitrogen and oxygen atoms in total. The maximum Gasteiger partial charge on any atom is 0.127 e. The van der Waals surface area contributed by atoms with E-state index in [4.69, 9.17) is 9.47 Å². The van der Waals surface area contributed by atoms with Gasteiger partial charge in [-0.15, -0.1) is 0 Å². The normalized spacial score (nSPS) is 25.8. The third kappa shape index (κ3) is 2.08. The average Bonchev–Trinajstić information content (AvgIpc) is 2.52. The van der Waals surface area contributed by atoms with Gasteiger partial charge >= 0.3 is 0 Å². The van der Waals surface area contributed by atoms with Crippen LogP contribution in [0.4, 0.5) is 4.39 Å². The fourth-order valence-corrected chi connectivity index (χ4v) is 3.39. The Hall–Kier alpha value is -2.03. The van der Waals surface area contributed by atoms with Crippen molar-refractivity contribution in [3.8, 4) is 5.75 Å². The summed E-state index contributed by atoms with van der Waals surface area (Å²) in [7, 11) is 1.66. The number of hydrogen-bond acceptors (Lipinski definition) is 2. The monoisotopic (exact) mass is 284 g/mol. The second-order valence-corrected chi connectivity index (χ2v) is 5.79. The lowest BCUT2D eigenvalue weighted by molar-refractivity contribution is 0.168. The van der Waals surface area contributed by atoms with Crippen LogP contribution in [0.2, 0.25) is 0 Å². The Morgan fingerprint density at radius 2 is 2.19 bits per heavy atom. The maximum absolute atomic E-state index is 13.6. The van der Waals surface area contributed by atoms with E-state index in [0.29, 0.717) is 12.3 Å². The molecule has 0 radical (unpaired) electrons. The quantitative estimate of drug-likeness (QED) is 0.777. The molecule has 0 amide bonds. The van der Waals surface area contributed by atoms with Gasteiger partial charge in [0.25, 0.3) is 0 Å². The summed E-state index contributed by atoms with van der Waals surface area (Å²) in [6, 6.07) is 4.09. The number of benzene rings is 1. The van der Waals surface area contributed by atoms with E-state index in [1.807, 2.05) is 18.2 Å². The van der Waals surface area contributed by atoms with Crippen LogP contribution < -0.4 is 4.74 Å². The van der Waals surface area contributed by atoms with Crippen LogP contribution in [0.1, 0.15) is 23.1 Å². The van der Waals surface area contributed by atoms with E-state index >= 15 is 0 Å². The van der Waals surface area contributed by atoms with Crippen molar-refractivity contribution in [2.24, 2.45) is 5.92 Å². The fraction of sp³-hybridized carbons (Fsp3) is 0.333. The molecular formula is C18H17FO2. The second kappa shape index (κ2) is 4.76. The molecule has 21 heavy (non-hydrogen) atoms. The topological polar surface area (TPSA) is 18.5 Å². The van der Waals surface area contributed by atoms with E-state index in [1.165, 1.54) is 5.56 Å². The highest BCUT2D eigenvalue weighted by atomic mass is 19.1. The molecule has 0 bridgehead atoms. The number of fused-ring (bicyclic) bond motifs is 4. The van der Waals surface area contributed by atoms with E-state index in [1.54, 1.807) is 13.2 Å². The first-order chi connectivity index (χ1) is 10.2. The predicted octanol–water partition coefficient (Wildman–Crippen LogP) is 3.96. The zero-order valence-corrected chi connectivity index (χ0v) is 11.9. The van der Waals surface area contributed by atoms with Crippen molar-refractivity contribution in [1.82, 2.24) is 0 Å². The van der Waals surface area contributed by atoms with Crippen LogP contribution in [0.15, 0.2) is 41.9 Å². The molecule has 4 rings (SSSR count). The summed E-state index contributed by atoms with van der Waals surface area (Å²) in [4.78, 5) is 0. The van der Waals surface area contributed by atoms with Gasteiger partial charge in [0.1, 0.15) is 23.4 Å². The maximum atomic E-state index is 13.6. The molecule has 0 saturated heterocycles. The first-order valence-corrected chi connectivity index (χ1v) is 7.36. The van der Waals surface area contributed by atoms with E-state index in [2.05, 4.69) is 12.1 Å². The summed E-state index contributed by atoms with van der Waals surface area (Å²) >= 11 is 0. The Labute approximate surface area is 123 Å². The van der Waals surface area contributed by atoms with E-state index in [-0.39, 0.29) is 11.9 Å². The van der Waals surface area contributed by atoms with Gasteiger partial charge in [0, 0.05) is 17.9 Å². The number of aryl methyl sites for hydroxylation is 1. The van der Waals surface area contributed by atoms with Crippen LogP contribution in [-0.2, 0) is 17.6 Å². The highest BCUT2D eigenvalue weighted by Crippen LogP contribution is 2.40.